The first-order chi connectivity index (χ1) is 12.4. The second-order valence-corrected chi connectivity index (χ2v) is 5.24. The lowest BCUT2D eigenvalue weighted by atomic mass is 10.1. The maximum absolute atomic E-state index is 13.6. The predicted molar refractivity (Wildman–Crippen MR) is 89.7 cm³/mol. The summed E-state index contributed by atoms with van der Waals surface area (Å²) in [5.74, 6) is -3.31. The van der Waals surface area contributed by atoms with Crippen molar-refractivity contribution >= 4 is 23.5 Å². The quantitative estimate of drug-likeness (QED) is 0.774. The number of carbonyl (C=O) groups excluding carboxylic acids is 3. The molecule has 0 aromatic heterocycles. The summed E-state index contributed by atoms with van der Waals surface area (Å²) >= 11 is 0. The Bertz CT molecular complexity index is 822. The molecule has 6 nitrogen and oxygen atoms in total. The van der Waals surface area contributed by atoms with Gasteiger partial charge in [-0.3, -0.25) is 14.4 Å². The van der Waals surface area contributed by atoms with Gasteiger partial charge < -0.3 is 15.4 Å². The highest BCUT2D eigenvalue weighted by Crippen LogP contribution is 2.14. The third-order valence-corrected chi connectivity index (χ3v) is 3.42. The highest BCUT2D eigenvalue weighted by molar-refractivity contribution is 6.04. The van der Waals surface area contributed by atoms with Crippen LogP contribution in [0.3, 0.4) is 0 Å². The molecule has 0 radical (unpaired) electrons. The van der Waals surface area contributed by atoms with Crippen molar-refractivity contribution in [3.63, 3.8) is 0 Å². The molecule has 2 N–H and O–H groups in total. The second kappa shape index (κ2) is 8.70. The zero-order valence-corrected chi connectivity index (χ0v) is 13.8. The van der Waals surface area contributed by atoms with Gasteiger partial charge in [0, 0.05) is 23.9 Å². The van der Waals surface area contributed by atoms with Crippen molar-refractivity contribution in [1.82, 2.24) is 5.32 Å². The zero-order chi connectivity index (χ0) is 19.1. The van der Waals surface area contributed by atoms with E-state index in [4.69, 9.17) is 0 Å². The van der Waals surface area contributed by atoms with Crippen molar-refractivity contribution in [3.8, 4) is 0 Å². The van der Waals surface area contributed by atoms with Gasteiger partial charge in [-0.25, -0.2) is 8.78 Å². The number of ether oxygens (including phenoxy) is 1. The number of halogens is 2. The van der Waals surface area contributed by atoms with Gasteiger partial charge >= 0.3 is 5.97 Å². The molecule has 0 aliphatic rings. The number of hydrogen-bond donors (Lipinski definition) is 2. The van der Waals surface area contributed by atoms with E-state index in [-0.39, 0.29) is 18.5 Å². The molecule has 0 aliphatic heterocycles. The molecular formula is C18H16F2N2O4. The maximum atomic E-state index is 13.6. The van der Waals surface area contributed by atoms with Crippen LogP contribution in [0.15, 0.2) is 42.5 Å². The fraction of sp³-hybridized carbons (Fsp3) is 0.167. The van der Waals surface area contributed by atoms with E-state index in [1.165, 1.54) is 31.4 Å². The van der Waals surface area contributed by atoms with Gasteiger partial charge in [-0.05, 0) is 36.4 Å². The average Bonchev–Trinajstić information content (AvgIpc) is 2.61. The number of anilines is 1. The number of esters is 1. The summed E-state index contributed by atoms with van der Waals surface area (Å²) in [4.78, 5) is 34.9. The van der Waals surface area contributed by atoms with Crippen LogP contribution in [-0.4, -0.2) is 31.4 Å². The fourth-order valence-corrected chi connectivity index (χ4v) is 2.06. The number of nitrogens with one attached hydrogen (secondary N) is 2. The zero-order valence-electron chi connectivity index (χ0n) is 13.8. The summed E-state index contributed by atoms with van der Waals surface area (Å²) in [5.41, 5.74) is 0.363. The molecule has 0 heterocycles. The first-order valence-electron chi connectivity index (χ1n) is 7.62. The molecule has 0 bridgehead atoms. The van der Waals surface area contributed by atoms with E-state index < -0.39 is 29.4 Å². The highest BCUT2D eigenvalue weighted by Gasteiger charge is 2.13. The van der Waals surface area contributed by atoms with Crippen molar-refractivity contribution in [2.75, 3.05) is 19.0 Å². The standard InChI is InChI=1S/C18H16F2N2O4/c1-26-16(23)8-9-21-17(24)11-2-5-13(6-3-11)22-18(25)14-7-4-12(19)10-15(14)20/h2-7,10H,8-9H2,1H3,(H,21,24)(H,22,25). The lowest BCUT2D eigenvalue weighted by Gasteiger charge is -2.08. The summed E-state index contributed by atoms with van der Waals surface area (Å²) in [7, 11) is 1.26. The minimum absolute atomic E-state index is 0.0552. The van der Waals surface area contributed by atoms with Gasteiger partial charge in [-0.2, -0.15) is 0 Å². The summed E-state index contributed by atoms with van der Waals surface area (Å²) in [5, 5.41) is 5.01. The molecule has 0 saturated heterocycles. The van der Waals surface area contributed by atoms with Crippen molar-refractivity contribution < 1.29 is 27.9 Å². The number of hydrogen-bond acceptors (Lipinski definition) is 4. The Balaban J connectivity index is 1.95. The first kappa shape index (κ1) is 19.0. The number of methoxy groups -OCH3 is 1. The van der Waals surface area contributed by atoms with E-state index in [0.29, 0.717) is 17.3 Å². The van der Waals surface area contributed by atoms with Crippen LogP contribution in [0.2, 0.25) is 0 Å². The molecule has 2 aromatic carbocycles. The molecule has 26 heavy (non-hydrogen) atoms. The monoisotopic (exact) mass is 362 g/mol. The van der Waals surface area contributed by atoms with Crippen LogP contribution in [-0.2, 0) is 9.53 Å². The molecule has 0 unspecified atom stereocenters. The predicted octanol–water partition coefficient (Wildman–Crippen LogP) is 2.51. The third-order valence-electron chi connectivity index (χ3n) is 3.42. The largest absolute Gasteiger partial charge is 0.469 e. The summed E-state index contributed by atoms with van der Waals surface area (Å²) in [6.07, 6.45) is 0.0552. The van der Waals surface area contributed by atoms with Gasteiger partial charge in [-0.1, -0.05) is 0 Å². The first-order valence-corrected chi connectivity index (χ1v) is 7.62. The molecule has 2 rings (SSSR count). The van der Waals surface area contributed by atoms with Crippen LogP contribution >= 0.6 is 0 Å². The molecule has 0 aliphatic carbocycles. The topological polar surface area (TPSA) is 84.5 Å². The van der Waals surface area contributed by atoms with E-state index >= 15 is 0 Å². The Kier molecular flexibility index (Phi) is 6.37. The van der Waals surface area contributed by atoms with Crippen molar-refractivity contribution in [1.29, 1.82) is 0 Å². The van der Waals surface area contributed by atoms with E-state index in [9.17, 15) is 23.2 Å². The lowest BCUT2D eigenvalue weighted by molar-refractivity contribution is -0.140. The molecule has 0 fully saturated rings. The number of rotatable bonds is 6. The maximum Gasteiger partial charge on any atom is 0.307 e. The van der Waals surface area contributed by atoms with Crippen LogP contribution in [0.1, 0.15) is 27.1 Å². The van der Waals surface area contributed by atoms with E-state index in [2.05, 4.69) is 15.4 Å². The second-order valence-electron chi connectivity index (χ2n) is 5.24. The van der Waals surface area contributed by atoms with Gasteiger partial charge in [0.15, 0.2) is 0 Å². The number of amides is 2. The van der Waals surface area contributed by atoms with Crippen LogP contribution in [0, 0.1) is 11.6 Å². The Morgan fingerprint density at radius 1 is 1.00 bits per heavy atom. The van der Waals surface area contributed by atoms with Crippen LogP contribution < -0.4 is 10.6 Å². The Morgan fingerprint density at radius 3 is 2.31 bits per heavy atom. The molecule has 136 valence electrons. The molecule has 0 atom stereocenters. The van der Waals surface area contributed by atoms with E-state index in [1.54, 1.807) is 0 Å². The smallest absolute Gasteiger partial charge is 0.307 e. The van der Waals surface area contributed by atoms with Crippen molar-refractivity contribution in [2.45, 2.75) is 6.42 Å². The molecule has 2 aromatic rings. The van der Waals surface area contributed by atoms with Gasteiger partial charge in [0.1, 0.15) is 11.6 Å². The van der Waals surface area contributed by atoms with E-state index in [0.717, 1.165) is 12.1 Å². The molecule has 8 heteroatoms. The Hall–Kier alpha value is -3.29. The molecule has 2 amide bonds. The highest BCUT2D eigenvalue weighted by atomic mass is 19.1. The number of carbonyl (C=O) groups is 3. The van der Waals surface area contributed by atoms with Gasteiger partial charge in [0.05, 0.1) is 19.1 Å². The van der Waals surface area contributed by atoms with Gasteiger partial charge in [0.25, 0.3) is 11.8 Å². The average molecular weight is 362 g/mol. The molecule has 0 spiro atoms. The molecule has 0 saturated carbocycles. The Morgan fingerprint density at radius 2 is 1.69 bits per heavy atom. The van der Waals surface area contributed by atoms with E-state index in [1.807, 2.05) is 0 Å². The summed E-state index contributed by atoms with van der Waals surface area (Å²) < 4.78 is 30.9. The van der Waals surface area contributed by atoms with Crippen LogP contribution in [0.4, 0.5) is 14.5 Å². The van der Waals surface area contributed by atoms with Crippen molar-refractivity contribution in [3.05, 3.63) is 65.2 Å². The van der Waals surface area contributed by atoms with Gasteiger partial charge in [-0.15, -0.1) is 0 Å². The van der Waals surface area contributed by atoms with Gasteiger partial charge in [0.2, 0.25) is 0 Å². The SMILES string of the molecule is COC(=O)CCNC(=O)c1ccc(NC(=O)c2ccc(F)cc2F)cc1. The number of benzene rings is 2. The third kappa shape index (κ3) is 5.10. The van der Waals surface area contributed by atoms with Crippen LogP contribution in [0.5, 0.6) is 0 Å². The fourth-order valence-electron chi connectivity index (χ4n) is 2.06. The normalized spacial score (nSPS) is 10.1. The van der Waals surface area contributed by atoms with Crippen molar-refractivity contribution in [2.24, 2.45) is 0 Å². The summed E-state index contributed by atoms with van der Waals surface area (Å²) in [6, 6.07) is 8.51. The lowest BCUT2D eigenvalue weighted by Crippen LogP contribution is -2.26. The Labute approximate surface area is 148 Å². The minimum Gasteiger partial charge on any atom is -0.469 e. The molecular weight excluding hydrogens is 346 g/mol. The van der Waals surface area contributed by atoms with Crippen LogP contribution in [0.25, 0.3) is 0 Å². The summed E-state index contributed by atoms with van der Waals surface area (Å²) in [6.45, 7) is 0.133. The minimum atomic E-state index is -0.968.